The molecule has 2 aliphatic rings. The molecule has 3 aromatic rings. The van der Waals surface area contributed by atoms with Crippen LogP contribution in [-0.2, 0) is 4.79 Å². The number of allylic oxidation sites excluding steroid dienone is 2. The first kappa shape index (κ1) is 23.2. The van der Waals surface area contributed by atoms with Crippen molar-refractivity contribution in [1.29, 1.82) is 5.26 Å². The molecule has 3 aromatic heterocycles. The number of pyridine rings is 3. The van der Waals surface area contributed by atoms with Crippen LogP contribution in [0.5, 0.6) is 0 Å². The minimum absolute atomic E-state index is 0.0550. The lowest BCUT2D eigenvalue weighted by Gasteiger charge is -2.42. The quantitative estimate of drug-likeness (QED) is 0.312. The van der Waals surface area contributed by atoms with E-state index >= 15 is 0 Å². The van der Waals surface area contributed by atoms with Crippen molar-refractivity contribution in [3.05, 3.63) is 66.4 Å². The topological polar surface area (TPSA) is 133 Å². The number of anilines is 2. The van der Waals surface area contributed by atoms with Crippen molar-refractivity contribution in [3.63, 3.8) is 0 Å². The van der Waals surface area contributed by atoms with Gasteiger partial charge in [0.25, 0.3) is 0 Å². The van der Waals surface area contributed by atoms with Crippen LogP contribution < -0.4 is 11.1 Å². The van der Waals surface area contributed by atoms with Crippen LogP contribution in [0.3, 0.4) is 0 Å². The first-order valence-corrected chi connectivity index (χ1v) is 11.7. The average molecular weight is 479 g/mol. The van der Waals surface area contributed by atoms with Crippen molar-refractivity contribution in [1.82, 2.24) is 19.9 Å². The Morgan fingerprint density at radius 3 is 2.89 bits per heavy atom. The van der Waals surface area contributed by atoms with E-state index in [4.69, 9.17) is 5.73 Å². The molecular weight excluding hydrogens is 452 g/mol. The summed E-state index contributed by atoms with van der Waals surface area (Å²) >= 11 is 0. The van der Waals surface area contributed by atoms with E-state index in [1.54, 1.807) is 24.8 Å². The predicted octanol–water partition coefficient (Wildman–Crippen LogP) is 3.85. The number of aliphatic imine (C=N–C) groups is 1. The molecule has 1 atom stereocenters. The van der Waals surface area contributed by atoms with Gasteiger partial charge in [0.1, 0.15) is 23.5 Å². The van der Waals surface area contributed by atoms with Crippen LogP contribution in [0.25, 0.3) is 22.0 Å². The Labute approximate surface area is 209 Å². The smallest absolute Gasteiger partial charge is 0.229 e. The summed E-state index contributed by atoms with van der Waals surface area (Å²) < 4.78 is 0. The van der Waals surface area contributed by atoms with Gasteiger partial charge in [0.15, 0.2) is 0 Å². The highest BCUT2D eigenvalue weighted by Crippen LogP contribution is 2.60. The van der Waals surface area contributed by atoms with Crippen molar-refractivity contribution in [3.8, 4) is 17.3 Å². The van der Waals surface area contributed by atoms with Crippen LogP contribution in [0.4, 0.5) is 11.6 Å². The molecule has 1 aliphatic heterocycles. The van der Waals surface area contributed by atoms with Crippen molar-refractivity contribution in [2.24, 2.45) is 16.3 Å². The van der Waals surface area contributed by atoms with Crippen molar-refractivity contribution in [2.75, 3.05) is 24.1 Å². The van der Waals surface area contributed by atoms with Gasteiger partial charge in [-0.3, -0.25) is 9.78 Å². The van der Waals surface area contributed by atoms with Gasteiger partial charge in [-0.1, -0.05) is 6.58 Å². The number of likely N-dealkylation sites (tertiary alicyclic amines) is 1. The molecule has 3 N–H and O–H groups in total. The van der Waals surface area contributed by atoms with E-state index in [1.165, 1.54) is 6.08 Å². The second-order valence-corrected chi connectivity index (χ2v) is 9.28. The maximum absolute atomic E-state index is 13.0. The molecule has 1 unspecified atom stereocenters. The Balaban J connectivity index is 1.32. The first-order valence-electron chi connectivity index (χ1n) is 11.7. The molecule has 4 heterocycles. The van der Waals surface area contributed by atoms with Crippen molar-refractivity contribution in [2.45, 2.75) is 20.3 Å². The highest BCUT2D eigenvalue weighted by Gasteiger charge is 2.65. The third-order valence-electron chi connectivity index (χ3n) is 6.95. The van der Waals surface area contributed by atoms with Crippen LogP contribution in [0.2, 0.25) is 0 Å². The molecule has 0 aromatic carbocycles. The summed E-state index contributed by atoms with van der Waals surface area (Å²) in [5.41, 5.74) is 9.23. The van der Waals surface area contributed by atoms with Gasteiger partial charge in [0.2, 0.25) is 5.91 Å². The molecule has 2 fully saturated rings. The largest absolute Gasteiger partial charge is 0.383 e. The molecule has 0 radical (unpaired) electrons. The number of nitrogens with one attached hydrogen (secondary N) is 1. The van der Waals surface area contributed by atoms with Gasteiger partial charge in [-0.2, -0.15) is 5.26 Å². The van der Waals surface area contributed by atoms with Crippen LogP contribution in [0, 0.1) is 29.6 Å². The predicted molar refractivity (Wildman–Crippen MR) is 140 cm³/mol. The lowest BCUT2D eigenvalue weighted by atomic mass is 9.92. The van der Waals surface area contributed by atoms with Gasteiger partial charge in [-0.25, -0.2) is 15.0 Å². The van der Waals surface area contributed by atoms with Crippen molar-refractivity contribution >= 4 is 34.5 Å². The lowest BCUT2D eigenvalue weighted by molar-refractivity contribution is -0.119. The monoisotopic (exact) mass is 478 g/mol. The summed E-state index contributed by atoms with van der Waals surface area (Å²) in [4.78, 5) is 32.5. The van der Waals surface area contributed by atoms with E-state index in [9.17, 15) is 10.1 Å². The Kier molecular flexibility index (Phi) is 5.72. The van der Waals surface area contributed by atoms with E-state index in [-0.39, 0.29) is 17.2 Å². The number of carbonyl (C=O) groups excluding carboxylic acids is 1. The molecule has 1 amide bonds. The fraction of sp³-hybridized carbons (Fsp3) is 0.259. The number of nitrogens with zero attached hydrogens (tertiary/aromatic N) is 6. The van der Waals surface area contributed by atoms with Crippen LogP contribution >= 0.6 is 0 Å². The van der Waals surface area contributed by atoms with Gasteiger partial charge < -0.3 is 16.0 Å². The number of aromatic nitrogens is 3. The normalized spacial score (nSPS) is 18.5. The third-order valence-corrected chi connectivity index (χ3v) is 6.95. The number of nitriles is 1. The van der Waals surface area contributed by atoms with Gasteiger partial charge in [0, 0.05) is 60.2 Å². The third kappa shape index (κ3) is 3.96. The summed E-state index contributed by atoms with van der Waals surface area (Å²) in [6.07, 6.45) is 9.11. The highest BCUT2D eigenvalue weighted by atomic mass is 16.2. The van der Waals surface area contributed by atoms with E-state index < -0.39 is 0 Å². The molecule has 180 valence electrons. The fourth-order valence-electron chi connectivity index (χ4n) is 4.89. The SMILES string of the molecule is C=C/C(C#N)=C(\N=C/C)N1CC2(CC2C(=O)Nc2cc3cc(-c4cnccc4C)nc(N)c3cn2)C1. The number of carbonyl (C=O) groups is 1. The molecule has 5 rings (SSSR count). The van der Waals surface area contributed by atoms with Crippen LogP contribution in [-0.4, -0.2) is 45.1 Å². The van der Waals surface area contributed by atoms with Gasteiger partial charge in [0.05, 0.1) is 11.3 Å². The standard InChI is InChI=1S/C27H26N8O/c1-4-17(11-28)25(31-5-2)35-14-27(15-35)10-21(27)26(36)34-23-9-18-8-22(19-12-30-7-6-16(19)3)33-24(29)20(18)13-32-23/h4-9,12-13,21H,1,10,14-15H2,2-3H3,(H2,29,33)(H,32,34,36)/b25-17-,31-5-. The molecule has 1 spiro atoms. The van der Waals surface area contributed by atoms with E-state index in [0.717, 1.165) is 34.0 Å². The highest BCUT2D eigenvalue weighted by molar-refractivity contribution is 5.99. The molecule has 1 saturated heterocycles. The molecule has 36 heavy (non-hydrogen) atoms. The maximum atomic E-state index is 13.0. The summed E-state index contributed by atoms with van der Waals surface area (Å²) in [5.74, 6) is 1.29. The number of amides is 1. The number of rotatable bonds is 6. The van der Waals surface area contributed by atoms with Gasteiger partial charge in [-0.05, 0) is 55.5 Å². The first-order chi connectivity index (χ1) is 17.4. The Morgan fingerprint density at radius 1 is 1.39 bits per heavy atom. The van der Waals surface area contributed by atoms with Gasteiger partial charge >= 0.3 is 0 Å². The zero-order valence-electron chi connectivity index (χ0n) is 20.2. The summed E-state index contributed by atoms with van der Waals surface area (Å²) in [6, 6.07) is 7.82. The summed E-state index contributed by atoms with van der Waals surface area (Å²) in [5, 5.41) is 13.9. The molecule has 9 heteroatoms. The fourth-order valence-corrected chi connectivity index (χ4v) is 4.89. The minimum atomic E-state index is -0.108. The molecular formula is C27H26N8O. The minimum Gasteiger partial charge on any atom is -0.383 e. The number of nitrogens with two attached hydrogens (primary N) is 1. The second kappa shape index (κ2) is 8.89. The Hall–Kier alpha value is -4.58. The molecule has 0 bridgehead atoms. The number of aryl methyl sites for hydroxylation is 1. The zero-order valence-corrected chi connectivity index (χ0v) is 20.2. The number of fused-ring (bicyclic) bond motifs is 1. The zero-order chi connectivity index (χ0) is 25.4. The summed E-state index contributed by atoms with van der Waals surface area (Å²) in [7, 11) is 0. The number of hydrogen-bond donors (Lipinski definition) is 2. The van der Waals surface area contributed by atoms with E-state index in [2.05, 4.69) is 37.9 Å². The van der Waals surface area contributed by atoms with Gasteiger partial charge in [-0.15, -0.1) is 0 Å². The van der Waals surface area contributed by atoms with E-state index in [1.807, 2.05) is 36.9 Å². The lowest BCUT2D eigenvalue weighted by Crippen LogP contribution is -2.49. The maximum Gasteiger partial charge on any atom is 0.229 e. The molecule has 9 nitrogen and oxygen atoms in total. The van der Waals surface area contributed by atoms with Crippen molar-refractivity contribution < 1.29 is 4.79 Å². The number of hydrogen-bond acceptors (Lipinski definition) is 8. The summed E-state index contributed by atoms with van der Waals surface area (Å²) in [6.45, 7) is 8.87. The van der Waals surface area contributed by atoms with E-state index in [0.29, 0.717) is 36.1 Å². The molecule has 1 aliphatic carbocycles. The Morgan fingerprint density at radius 2 is 2.19 bits per heavy atom. The second-order valence-electron chi connectivity index (χ2n) is 9.28. The van der Waals surface area contributed by atoms with Crippen LogP contribution in [0.1, 0.15) is 18.9 Å². The molecule has 1 saturated carbocycles. The number of nitrogen functional groups attached to an aromatic ring is 1. The average Bonchev–Trinajstić information content (AvgIpc) is 3.60. The van der Waals surface area contributed by atoms with Crippen LogP contribution in [0.15, 0.2) is 65.8 Å². The Bertz CT molecular complexity index is 1490.